The first-order chi connectivity index (χ1) is 13.6. The van der Waals surface area contributed by atoms with Crippen molar-refractivity contribution in [2.24, 2.45) is 5.41 Å². The summed E-state index contributed by atoms with van der Waals surface area (Å²) in [5, 5.41) is 0.361. The van der Waals surface area contributed by atoms with Gasteiger partial charge in [0.1, 0.15) is 23.3 Å². The molecule has 0 atom stereocenters. The fraction of sp³-hybridized carbons (Fsp3) is 0.333. The maximum atomic E-state index is 12.8. The molecule has 0 saturated heterocycles. The molecule has 5 heteroatoms. The molecule has 0 saturated carbocycles. The van der Waals surface area contributed by atoms with Crippen molar-refractivity contribution in [2.45, 2.75) is 47.0 Å². The molecule has 2 aromatic carbocycles. The average molecular weight is 394 g/mol. The molecule has 3 rings (SSSR count). The molecule has 0 spiro atoms. The molecule has 0 radical (unpaired) electrons. The molecule has 0 unspecified atom stereocenters. The van der Waals surface area contributed by atoms with Crippen LogP contribution in [0.4, 0.5) is 0 Å². The Bertz CT molecular complexity index is 1090. The van der Waals surface area contributed by atoms with Crippen LogP contribution in [0.2, 0.25) is 0 Å². The summed E-state index contributed by atoms with van der Waals surface area (Å²) in [4.78, 5) is 24.9. The van der Waals surface area contributed by atoms with Gasteiger partial charge < -0.3 is 13.9 Å². The number of ether oxygens (including phenoxy) is 2. The Morgan fingerprint density at radius 1 is 1.07 bits per heavy atom. The number of esters is 1. The summed E-state index contributed by atoms with van der Waals surface area (Å²) in [6, 6.07) is 12.3. The molecule has 0 aliphatic rings. The van der Waals surface area contributed by atoms with Crippen LogP contribution in [-0.2, 0) is 4.79 Å². The molecule has 152 valence electrons. The third kappa shape index (κ3) is 5.05. The maximum Gasteiger partial charge on any atom is 0.311 e. The van der Waals surface area contributed by atoms with E-state index in [1.165, 1.54) is 6.26 Å². The highest BCUT2D eigenvalue weighted by Gasteiger charge is 2.18. The highest BCUT2D eigenvalue weighted by Crippen LogP contribution is 2.30. The fourth-order valence-electron chi connectivity index (χ4n) is 2.99. The minimum absolute atomic E-state index is 0.114. The molecule has 0 amide bonds. The molecule has 3 aromatic rings. The Hall–Kier alpha value is -3.08. The van der Waals surface area contributed by atoms with Gasteiger partial charge >= 0.3 is 5.97 Å². The number of hydrogen-bond donors (Lipinski definition) is 0. The van der Waals surface area contributed by atoms with Crippen molar-refractivity contribution in [3.05, 3.63) is 64.5 Å². The Kier molecular flexibility index (Phi) is 5.78. The summed E-state index contributed by atoms with van der Waals surface area (Å²) in [7, 11) is 0. The molecule has 1 aromatic heterocycles. The number of para-hydroxylation sites is 1. The van der Waals surface area contributed by atoms with Gasteiger partial charge in [-0.3, -0.25) is 9.59 Å². The van der Waals surface area contributed by atoms with Crippen molar-refractivity contribution in [3.63, 3.8) is 0 Å². The molecule has 1 heterocycles. The zero-order chi connectivity index (χ0) is 21.2. The van der Waals surface area contributed by atoms with Gasteiger partial charge in [-0.1, -0.05) is 52.8 Å². The molecule has 0 bridgehead atoms. The smallest absolute Gasteiger partial charge is 0.311 e. The first-order valence-corrected chi connectivity index (χ1v) is 9.67. The maximum absolute atomic E-state index is 12.8. The van der Waals surface area contributed by atoms with E-state index in [4.69, 9.17) is 13.9 Å². The Labute approximate surface area is 170 Å². The van der Waals surface area contributed by atoms with E-state index in [0.29, 0.717) is 22.5 Å². The van der Waals surface area contributed by atoms with E-state index in [2.05, 4.69) is 13.8 Å². The van der Waals surface area contributed by atoms with Crippen molar-refractivity contribution in [1.29, 1.82) is 0 Å². The van der Waals surface area contributed by atoms with E-state index in [9.17, 15) is 9.59 Å². The summed E-state index contributed by atoms with van der Waals surface area (Å²) in [6.07, 6.45) is 1.58. The Morgan fingerprint density at radius 2 is 1.79 bits per heavy atom. The molecular formula is C24H26O5. The lowest BCUT2D eigenvalue weighted by Crippen LogP contribution is -2.17. The molecule has 0 N–H and O–H groups in total. The van der Waals surface area contributed by atoms with E-state index in [1.807, 2.05) is 45.0 Å². The first kappa shape index (κ1) is 20.6. The number of carbonyl (C=O) groups is 1. The lowest BCUT2D eigenvalue weighted by atomic mass is 9.92. The van der Waals surface area contributed by atoms with Crippen LogP contribution in [0.1, 0.15) is 52.5 Å². The van der Waals surface area contributed by atoms with Gasteiger partial charge in [0, 0.05) is 6.07 Å². The highest BCUT2D eigenvalue weighted by molar-refractivity contribution is 5.81. The van der Waals surface area contributed by atoms with Crippen molar-refractivity contribution in [3.8, 4) is 17.2 Å². The van der Waals surface area contributed by atoms with Crippen molar-refractivity contribution < 1.29 is 18.7 Å². The van der Waals surface area contributed by atoms with Crippen LogP contribution in [0.3, 0.4) is 0 Å². The van der Waals surface area contributed by atoms with Crippen LogP contribution >= 0.6 is 0 Å². The van der Waals surface area contributed by atoms with Crippen LogP contribution in [0.25, 0.3) is 11.0 Å². The van der Waals surface area contributed by atoms with E-state index < -0.39 is 0 Å². The minimum Gasteiger partial charge on any atom is -0.460 e. The number of fused-ring (bicyclic) bond motifs is 1. The topological polar surface area (TPSA) is 65.7 Å². The monoisotopic (exact) mass is 394 g/mol. The van der Waals surface area contributed by atoms with Gasteiger partial charge in [0.05, 0.1) is 11.8 Å². The summed E-state index contributed by atoms with van der Waals surface area (Å²) < 4.78 is 16.8. The summed E-state index contributed by atoms with van der Waals surface area (Å²) in [5.74, 6) is 1.01. The van der Waals surface area contributed by atoms with Crippen LogP contribution < -0.4 is 14.9 Å². The van der Waals surface area contributed by atoms with Crippen LogP contribution in [0.5, 0.6) is 17.2 Å². The van der Waals surface area contributed by atoms with Crippen molar-refractivity contribution in [2.75, 3.05) is 0 Å². The molecule has 0 fully saturated rings. The zero-order valence-corrected chi connectivity index (χ0v) is 17.4. The highest BCUT2D eigenvalue weighted by atomic mass is 16.5. The van der Waals surface area contributed by atoms with E-state index in [-0.39, 0.29) is 34.9 Å². The molecule has 0 aliphatic heterocycles. The van der Waals surface area contributed by atoms with Gasteiger partial charge in [-0.15, -0.1) is 0 Å². The predicted octanol–water partition coefficient (Wildman–Crippen LogP) is 6.05. The zero-order valence-electron chi connectivity index (χ0n) is 17.4. The standard InChI is InChI=1S/C24H26O5/c1-15(2)17-8-6-7-9-19(17)29-21-14-27-20-12-16(10-11-18(20)23(21)26)28-22(25)13-24(3,4)5/h6-12,14-15H,13H2,1-5H3. The average Bonchev–Trinajstić information content (AvgIpc) is 2.62. The second kappa shape index (κ2) is 8.11. The molecule has 29 heavy (non-hydrogen) atoms. The fourth-order valence-corrected chi connectivity index (χ4v) is 2.99. The number of carbonyl (C=O) groups excluding carboxylic acids is 1. The summed E-state index contributed by atoms with van der Waals surface area (Å²) >= 11 is 0. The van der Waals surface area contributed by atoms with Crippen LogP contribution in [-0.4, -0.2) is 5.97 Å². The quantitative estimate of drug-likeness (QED) is 0.389. The van der Waals surface area contributed by atoms with Crippen molar-refractivity contribution >= 4 is 16.9 Å². The van der Waals surface area contributed by atoms with Crippen LogP contribution in [0.15, 0.2) is 57.9 Å². The number of benzene rings is 2. The van der Waals surface area contributed by atoms with Gasteiger partial charge in [0.25, 0.3) is 0 Å². The van der Waals surface area contributed by atoms with Gasteiger partial charge in [-0.25, -0.2) is 0 Å². The Balaban J connectivity index is 1.88. The third-order valence-electron chi connectivity index (χ3n) is 4.38. The second-order valence-corrected chi connectivity index (χ2v) is 8.59. The lowest BCUT2D eigenvalue weighted by molar-refractivity contribution is -0.136. The van der Waals surface area contributed by atoms with E-state index in [0.717, 1.165) is 5.56 Å². The molecule has 5 nitrogen and oxygen atoms in total. The minimum atomic E-state index is -0.329. The van der Waals surface area contributed by atoms with Gasteiger partial charge in [0.2, 0.25) is 11.2 Å². The Morgan fingerprint density at radius 3 is 2.48 bits per heavy atom. The lowest BCUT2D eigenvalue weighted by Gasteiger charge is -2.16. The van der Waals surface area contributed by atoms with Gasteiger partial charge in [-0.05, 0) is 35.1 Å². The van der Waals surface area contributed by atoms with E-state index in [1.54, 1.807) is 18.2 Å². The number of hydrogen-bond acceptors (Lipinski definition) is 5. The predicted molar refractivity (Wildman–Crippen MR) is 113 cm³/mol. The summed E-state index contributed by atoms with van der Waals surface area (Å²) in [6.45, 7) is 10.0. The molecule has 0 aliphatic carbocycles. The van der Waals surface area contributed by atoms with Gasteiger partial charge in [-0.2, -0.15) is 0 Å². The normalized spacial score (nSPS) is 11.7. The SMILES string of the molecule is CC(C)c1ccccc1Oc1coc2cc(OC(=O)CC(C)(C)C)ccc2c1=O. The summed E-state index contributed by atoms with van der Waals surface area (Å²) in [5.41, 5.74) is 0.893. The largest absolute Gasteiger partial charge is 0.460 e. The van der Waals surface area contributed by atoms with E-state index >= 15 is 0 Å². The van der Waals surface area contributed by atoms with Crippen LogP contribution in [0, 0.1) is 5.41 Å². The molecular weight excluding hydrogens is 368 g/mol. The third-order valence-corrected chi connectivity index (χ3v) is 4.38. The van der Waals surface area contributed by atoms with Gasteiger partial charge in [0.15, 0.2) is 0 Å². The second-order valence-electron chi connectivity index (χ2n) is 8.59. The first-order valence-electron chi connectivity index (χ1n) is 9.67. The number of rotatable bonds is 5. The van der Waals surface area contributed by atoms with Crippen molar-refractivity contribution in [1.82, 2.24) is 0 Å².